The van der Waals surface area contributed by atoms with Gasteiger partial charge in [-0.15, -0.1) is 0 Å². The van der Waals surface area contributed by atoms with Gasteiger partial charge in [0, 0.05) is 12.2 Å². The van der Waals surface area contributed by atoms with Crippen molar-refractivity contribution >= 4 is 11.6 Å². The quantitative estimate of drug-likeness (QED) is 0.825. The molecule has 1 saturated carbocycles. The van der Waals surface area contributed by atoms with Crippen LogP contribution >= 0.6 is 0 Å². The van der Waals surface area contributed by atoms with E-state index in [2.05, 4.69) is 12.2 Å². The van der Waals surface area contributed by atoms with Crippen LogP contribution in [-0.2, 0) is 0 Å². The Labute approximate surface area is 113 Å². The number of nitrogen functional groups attached to an aromatic ring is 1. The van der Waals surface area contributed by atoms with Crippen LogP contribution in [0.15, 0.2) is 18.2 Å². The number of anilines is 1. The molecule has 104 valence electrons. The van der Waals surface area contributed by atoms with Gasteiger partial charge in [-0.1, -0.05) is 19.8 Å². The first-order valence-electron chi connectivity index (χ1n) is 6.89. The molecule has 2 rings (SSSR count). The lowest BCUT2D eigenvalue weighted by Gasteiger charge is -2.26. The second-order valence-electron chi connectivity index (χ2n) is 5.58. The molecule has 0 aliphatic heterocycles. The molecule has 1 amide bonds. The standard InChI is InChI=1S/C15H21FN2O/c1-10-2-4-11(5-3-10)9-18-15(19)13-8-12(17)6-7-14(13)16/h6-8,10-11H,2-5,9,17H2,1H3,(H,18,19). The average Bonchev–Trinajstić information content (AvgIpc) is 2.40. The largest absolute Gasteiger partial charge is 0.399 e. The molecule has 1 aliphatic rings. The van der Waals surface area contributed by atoms with E-state index in [1.165, 1.54) is 31.0 Å². The van der Waals surface area contributed by atoms with Crippen molar-refractivity contribution in [3.63, 3.8) is 0 Å². The van der Waals surface area contributed by atoms with Gasteiger partial charge in [0.25, 0.3) is 5.91 Å². The summed E-state index contributed by atoms with van der Waals surface area (Å²) < 4.78 is 13.5. The Hall–Kier alpha value is -1.58. The van der Waals surface area contributed by atoms with E-state index in [1.807, 2.05) is 0 Å². The van der Waals surface area contributed by atoms with E-state index in [0.717, 1.165) is 18.8 Å². The van der Waals surface area contributed by atoms with Gasteiger partial charge in [-0.2, -0.15) is 0 Å². The third-order valence-electron chi connectivity index (χ3n) is 3.92. The maximum atomic E-state index is 13.5. The Balaban J connectivity index is 1.89. The highest BCUT2D eigenvalue weighted by Crippen LogP contribution is 2.27. The zero-order valence-electron chi connectivity index (χ0n) is 11.3. The third-order valence-corrected chi connectivity index (χ3v) is 3.92. The van der Waals surface area contributed by atoms with E-state index in [4.69, 9.17) is 5.73 Å². The highest BCUT2D eigenvalue weighted by atomic mass is 19.1. The Morgan fingerprint density at radius 2 is 2.05 bits per heavy atom. The zero-order chi connectivity index (χ0) is 13.8. The summed E-state index contributed by atoms with van der Waals surface area (Å²) in [5, 5.41) is 2.82. The number of rotatable bonds is 3. The maximum Gasteiger partial charge on any atom is 0.254 e. The number of carbonyl (C=O) groups is 1. The highest BCUT2D eigenvalue weighted by molar-refractivity contribution is 5.95. The van der Waals surface area contributed by atoms with Crippen LogP contribution in [0, 0.1) is 17.7 Å². The van der Waals surface area contributed by atoms with Crippen LogP contribution in [0.5, 0.6) is 0 Å². The number of nitrogens with one attached hydrogen (secondary N) is 1. The van der Waals surface area contributed by atoms with Crippen LogP contribution in [0.2, 0.25) is 0 Å². The lowest BCUT2D eigenvalue weighted by Crippen LogP contribution is -2.31. The smallest absolute Gasteiger partial charge is 0.254 e. The summed E-state index contributed by atoms with van der Waals surface area (Å²) >= 11 is 0. The van der Waals surface area contributed by atoms with Gasteiger partial charge < -0.3 is 11.1 Å². The highest BCUT2D eigenvalue weighted by Gasteiger charge is 2.19. The van der Waals surface area contributed by atoms with Gasteiger partial charge in [0.15, 0.2) is 0 Å². The van der Waals surface area contributed by atoms with Gasteiger partial charge in [-0.05, 0) is 42.9 Å². The lowest BCUT2D eigenvalue weighted by atomic mass is 9.83. The first-order chi connectivity index (χ1) is 9.06. The molecule has 0 heterocycles. The summed E-state index contributed by atoms with van der Waals surface area (Å²) in [5.74, 6) is 0.412. The fraction of sp³-hybridized carbons (Fsp3) is 0.533. The maximum absolute atomic E-state index is 13.5. The van der Waals surface area contributed by atoms with E-state index in [1.54, 1.807) is 0 Å². The van der Waals surface area contributed by atoms with Crippen molar-refractivity contribution in [2.24, 2.45) is 11.8 Å². The average molecular weight is 264 g/mol. The van der Waals surface area contributed by atoms with Crippen LogP contribution < -0.4 is 11.1 Å². The second kappa shape index (κ2) is 6.04. The molecule has 3 nitrogen and oxygen atoms in total. The Morgan fingerprint density at radius 1 is 1.37 bits per heavy atom. The van der Waals surface area contributed by atoms with Crippen LogP contribution in [0.1, 0.15) is 43.0 Å². The van der Waals surface area contributed by atoms with Crippen LogP contribution in [0.25, 0.3) is 0 Å². The summed E-state index contributed by atoms with van der Waals surface area (Å²) in [5.41, 5.74) is 6.01. The summed E-state index contributed by atoms with van der Waals surface area (Å²) in [6.45, 7) is 2.89. The molecule has 0 unspecified atom stereocenters. The molecular formula is C15H21FN2O. The van der Waals surface area contributed by atoms with Crippen molar-refractivity contribution in [2.45, 2.75) is 32.6 Å². The first-order valence-corrected chi connectivity index (χ1v) is 6.89. The monoisotopic (exact) mass is 264 g/mol. The van der Waals surface area contributed by atoms with Crippen molar-refractivity contribution < 1.29 is 9.18 Å². The van der Waals surface area contributed by atoms with Crippen molar-refractivity contribution in [3.05, 3.63) is 29.6 Å². The zero-order valence-corrected chi connectivity index (χ0v) is 11.3. The number of benzene rings is 1. The molecule has 0 aromatic heterocycles. The fourth-order valence-electron chi connectivity index (χ4n) is 2.58. The van der Waals surface area contributed by atoms with Gasteiger partial charge in [0.05, 0.1) is 5.56 Å². The number of nitrogens with two attached hydrogens (primary N) is 1. The summed E-state index contributed by atoms with van der Waals surface area (Å²) in [4.78, 5) is 11.9. The predicted molar refractivity (Wildman–Crippen MR) is 74.3 cm³/mol. The molecule has 0 saturated heterocycles. The number of carbonyl (C=O) groups excluding carboxylic acids is 1. The SMILES string of the molecule is CC1CCC(CNC(=O)c2cc(N)ccc2F)CC1. The van der Waals surface area contributed by atoms with Crippen LogP contribution in [0.3, 0.4) is 0 Å². The minimum Gasteiger partial charge on any atom is -0.399 e. The van der Waals surface area contributed by atoms with Gasteiger partial charge in [-0.25, -0.2) is 4.39 Å². The van der Waals surface area contributed by atoms with E-state index in [0.29, 0.717) is 18.2 Å². The van der Waals surface area contributed by atoms with E-state index >= 15 is 0 Å². The minimum atomic E-state index is -0.524. The molecule has 0 radical (unpaired) electrons. The van der Waals surface area contributed by atoms with Crippen molar-refractivity contribution in [1.82, 2.24) is 5.32 Å². The Kier molecular flexibility index (Phi) is 4.40. The Bertz CT molecular complexity index is 453. The molecule has 0 spiro atoms. The van der Waals surface area contributed by atoms with Crippen molar-refractivity contribution in [3.8, 4) is 0 Å². The lowest BCUT2D eigenvalue weighted by molar-refractivity contribution is 0.0938. The molecule has 1 aromatic rings. The van der Waals surface area contributed by atoms with Gasteiger partial charge in [-0.3, -0.25) is 4.79 Å². The van der Waals surface area contributed by atoms with E-state index in [9.17, 15) is 9.18 Å². The summed E-state index contributed by atoms with van der Waals surface area (Å²) in [6.07, 6.45) is 4.71. The summed E-state index contributed by atoms with van der Waals surface area (Å²) in [6, 6.07) is 4.06. The number of halogens is 1. The molecule has 0 atom stereocenters. The van der Waals surface area contributed by atoms with Crippen LogP contribution in [0.4, 0.5) is 10.1 Å². The van der Waals surface area contributed by atoms with Crippen LogP contribution in [-0.4, -0.2) is 12.5 Å². The second-order valence-corrected chi connectivity index (χ2v) is 5.58. The molecule has 19 heavy (non-hydrogen) atoms. The third kappa shape index (κ3) is 3.69. The number of hydrogen-bond donors (Lipinski definition) is 2. The Morgan fingerprint density at radius 3 is 2.74 bits per heavy atom. The molecule has 1 aliphatic carbocycles. The van der Waals surface area contributed by atoms with Crippen molar-refractivity contribution in [1.29, 1.82) is 0 Å². The number of hydrogen-bond acceptors (Lipinski definition) is 2. The topological polar surface area (TPSA) is 55.1 Å². The minimum absolute atomic E-state index is 0.0316. The molecule has 4 heteroatoms. The molecule has 0 bridgehead atoms. The van der Waals surface area contributed by atoms with Gasteiger partial charge in [0.1, 0.15) is 5.82 Å². The van der Waals surface area contributed by atoms with E-state index in [-0.39, 0.29) is 11.5 Å². The van der Waals surface area contributed by atoms with E-state index < -0.39 is 5.82 Å². The molecule has 3 N–H and O–H groups in total. The predicted octanol–water partition coefficient (Wildman–Crippen LogP) is 2.96. The fourth-order valence-corrected chi connectivity index (χ4v) is 2.58. The van der Waals surface area contributed by atoms with Gasteiger partial charge in [0.2, 0.25) is 0 Å². The molecular weight excluding hydrogens is 243 g/mol. The summed E-state index contributed by atoms with van der Waals surface area (Å²) in [7, 11) is 0. The number of amides is 1. The van der Waals surface area contributed by atoms with Gasteiger partial charge >= 0.3 is 0 Å². The molecule has 1 fully saturated rings. The normalized spacial score (nSPS) is 23.1. The molecule has 1 aromatic carbocycles. The first kappa shape index (κ1) is 13.8. The van der Waals surface area contributed by atoms with Crippen molar-refractivity contribution in [2.75, 3.05) is 12.3 Å².